The minimum absolute atomic E-state index is 0.0702. The van der Waals surface area contributed by atoms with Crippen molar-refractivity contribution in [3.63, 3.8) is 0 Å². The van der Waals surface area contributed by atoms with Crippen molar-refractivity contribution in [1.29, 1.82) is 0 Å². The lowest BCUT2D eigenvalue weighted by molar-refractivity contribution is -0.122. The van der Waals surface area contributed by atoms with E-state index in [1.54, 1.807) is 15.6 Å². The third-order valence-corrected chi connectivity index (χ3v) is 5.84. The number of hydrogen-bond donors (Lipinski definition) is 3. The molecule has 2 aliphatic heterocycles. The summed E-state index contributed by atoms with van der Waals surface area (Å²) >= 11 is 0. The number of para-hydroxylation sites is 1. The first kappa shape index (κ1) is 18.8. The molecule has 0 radical (unpaired) electrons. The van der Waals surface area contributed by atoms with Gasteiger partial charge in [-0.3, -0.25) is 14.3 Å². The van der Waals surface area contributed by atoms with Gasteiger partial charge in [0.1, 0.15) is 11.9 Å². The average Bonchev–Trinajstić information content (AvgIpc) is 3.36. The van der Waals surface area contributed by atoms with E-state index in [9.17, 15) is 14.0 Å². The number of benzene rings is 1. The Kier molecular flexibility index (Phi) is 4.74. The number of hydrogen-bond acceptors (Lipinski definition) is 4. The molecule has 8 nitrogen and oxygen atoms in total. The molecular formula is C21H23FN6O2. The number of anilines is 1. The molecule has 0 bridgehead atoms. The molecular weight excluding hydrogens is 387 g/mol. The lowest BCUT2D eigenvalue weighted by Crippen LogP contribution is -2.43. The summed E-state index contributed by atoms with van der Waals surface area (Å²) in [5.74, 6) is -0.671. The van der Waals surface area contributed by atoms with Crippen LogP contribution in [0.15, 0.2) is 36.4 Å². The Morgan fingerprint density at radius 3 is 2.90 bits per heavy atom. The van der Waals surface area contributed by atoms with Crippen LogP contribution >= 0.6 is 0 Å². The van der Waals surface area contributed by atoms with Crippen molar-refractivity contribution in [3.05, 3.63) is 47.8 Å². The van der Waals surface area contributed by atoms with E-state index < -0.39 is 12.1 Å². The highest BCUT2D eigenvalue weighted by molar-refractivity contribution is 5.98. The van der Waals surface area contributed by atoms with Crippen molar-refractivity contribution in [3.8, 4) is 0 Å². The molecule has 0 aliphatic carbocycles. The fourth-order valence-corrected chi connectivity index (χ4v) is 4.19. The van der Waals surface area contributed by atoms with Gasteiger partial charge < -0.3 is 20.5 Å². The lowest BCUT2D eigenvalue weighted by atomic mass is 9.95. The van der Waals surface area contributed by atoms with Crippen LogP contribution in [0.25, 0.3) is 10.9 Å². The second-order valence-electron chi connectivity index (χ2n) is 7.85. The van der Waals surface area contributed by atoms with E-state index >= 15 is 0 Å². The first-order valence-corrected chi connectivity index (χ1v) is 10.2. The average molecular weight is 410 g/mol. The van der Waals surface area contributed by atoms with Crippen LogP contribution in [0.5, 0.6) is 0 Å². The van der Waals surface area contributed by atoms with Crippen molar-refractivity contribution >= 4 is 28.5 Å². The summed E-state index contributed by atoms with van der Waals surface area (Å²) in [6.45, 7) is 2.29. The number of carbonyl (C=O) groups is 2. The van der Waals surface area contributed by atoms with E-state index in [4.69, 9.17) is 0 Å². The number of alkyl halides is 1. The number of carbonyl (C=O) groups excluding carboxylic acids is 2. The number of H-pyrrole nitrogens is 1. The predicted molar refractivity (Wildman–Crippen MR) is 110 cm³/mol. The Labute approximate surface area is 172 Å². The summed E-state index contributed by atoms with van der Waals surface area (Å²) < 4.78 is 15.8. The van der Waals surface area contributed by atoms with Gasteiger partial charge in [0.25, 0.3) is 5.91 Å². The zero-order chi connectivity index (χ0) is 20.7. The maximum Gasteiger partial charge on any atom is 0.270 e. The molecule has 2 aromatic heterocycles. The van der Waals surface area contributed by atoms with Crippen molar-refractivity contribution in [2.75, 3.05) is 25.0 Å². The van der Waals surface area contributed by atoms with Crippen molar-refractivity contribution < 1.29 is 14.0 Å². The molecule has 0 saturated carbocycles. The molecule has 9 heteroatoms. The standard InChI is InChI=1S/C21H23FN6O2/c22-16-11-23-6-5-15(16)20(29)25-19-10-14-12-27(7-8-28(14)26-19)21(30)18-9-13-3-1-2-4-17(13)24-18/h1-4,9-10,15-16,23-24H,5-8,11-12H2,(H,25,26,29). The van der Waals surface area contributed by atoms with E-state index in [0.717, 1.165) is 16.6 Å². The second-order valence-corrected chi connectivity index (χ2v) is 7.85. The van der Waals surface area contributed by atoms with E-state index in [0.29, 0.717) is 44.1 Å². The smallest absolute Gasteiger partial charge is 0.270 e. The van der Waals surface area contributed by atoms with E-state index in [2.05, 4.69) is 20.7 Å². The highest BCUT2D eigenvalue weighted by Crippen LogP contribution is 2.22. The number of rotatable bonds is 3. The van der Waals surface area contributed by atoms with Gasteiger partial charge in [0.2, 0.25) is 5.91 Å². The molecule has 0 spiro atoms. The van der Waals surface area contributed by atoms with Gasteiger partial charge in [-0.25, -0.2) is 4.39 Å². The number of aromatic amines is 1. The third-order valence-electron chi connectivity index (χ3n) is 5.84. The van der Waals surface area contributed by atoms with Crippen molar-refractivity contribution in [2.45, 2.75) is 25.7 Å². The lowest BCUT2D eigenvalue weighted by Gasteiger charge is -2.27. The van der Waals surface area contributed by atoms with Gasteiger partial charge in [0.15, 0.2) is 5.82 Å². The summed E-state index contributed by atoms with van der Waals surface area (Å²) in [5, 5.41) is 11.1. The molecule has 156 valence electrons. The summed E-state index contributed by atoms with van der Waals surface area (Å²) in [6.07, 6.45) is -0.728. The Bertz CT molecular complexity index is 1070. The third kappa shape index (κ3) is 3.45. The maximum atomic E-state index is 14.0. The number of aromatic nitrogens is 3. The van der Waals surface area contributed by atoms with Crippen LogP contribution in [0.3, 0.4) is 0 Å². The SMILES string of the molecule is O=C(Nc1cc2n(n1)CCN(C(=O)c1cc3ccccc3[nH]1)C2)C1CCNCC1F. The largest absolute Gasteiger partial charge is 0.351 e. The zero-order valence-corrected chi connectivity index (χ0v) is 16.4. The Morgan fingerprint density at radius 2 is 2.07 bits per heavy atom. The van der Waals surface area contributed by atoms with Crippen LogP contribution < -0.4 is 10.6 Å². The number of nitrogens with zero attached hydrogens (tertiary/aromatic N) is 3. The molecule has 5 rings (SSSR count). The highest BCUT2D eigenvalue weighted by Gasteiger charge is 2.32. The predicted octanol–water partition coefficient (Wildman–Crippen LogP) is 1.91. The van der Waals surface area contributed by atoms with Crippen LogP contribution in [-0.4, -0.2) is 57.3 Å². The van der Waals surface area contributed by atoms with Gasteiger partial charge in [-0.15, -0.1) is 0 Å². The van der Waals surface area contributed by atoms with Crippen LogP contribution in [0, 0.1) is 5.92 Å². The fraction of sp³-hybridized carbons (Fsp3) is 0.381. The minimum Gasteiger partial charge on any atom is -0.351 e. The zero-order valence-electron chi connectivity index (χ0n) is 16.4. The summed E-state index contributed by atoms with van der Waals surface area (Å²) in [5.41, 5.74) is 2.32. The van der Waals surface area contributed by atoms with Crippen LogP contribution in [0.2, 0.25) is 0 Å². The van der Waals surface area contributed by atoms with Gasteiger partial charge in [-0.05, 0) is 25.1 Å². The molecule has 1 fully saturated rings. The molecule has 30 heavy (non-hydrogen) atoms. The van der Waals surface area contributed by atoms with E-state index in [1.165, 1.54) is 0 Å². The first-order chi connectivity index (χ1) is 14.6. The van der Waals surface area contributed by atoms with Gasteiger partial charge in [0, 0.05) is 30.1 Å². The Balaban J connectivity index is 1.28. The fourth-order valence-electron chi connectivity index (χ4n) is 4.19. The normalized spacial score (nSPS) is 21.4. The summed E-state index contributed by atoms with van der Waals surface area (Å²) in [6, 6.07) is 11.4. The number of amides is 2. The monoisotopic (exact) mass is 410 g/mol. The Morgan fingerprint density at radius 1 is 1.20 bits per heavy atom. The van der Waals surface area contributed by atoms with Crippen molar-refractivity contribution in [1.82, 2.24) is 25.0 Å². The molecule has 2 amide bonds. The van der Waals surface area contributed by atoms with Gasteiger partial charge in [0.05, 0.1) is 24.7 Å². The molecule has 3 N–H and O–H groups in total. The van der Waals surface area contributed by atoms with Crippen LogP contribution in [0.4, 0.5) is 10.2 Å². The molecule has 1 saturated heterocycles. The maximum absolute atomic E-state index is 14.0. The van der Waals surface area contributed by atoms with Gasteiger partial charge in [-0.2, -0.15) is 5.10 Å². The number of halogens is 1. The van der Waals surface area contributed by atoms with Gasteiger partial charge >= 0.3 is 0 Å². The van der Waals surface area contributed by atoms with E-state index in [-0.39, 0.29) is 18.4 Å². The summed E-state index contributed by atoms with van der Waals surface area (Å²) in [4.78, 5) is 30.3. The highest BCUT2D eigenvalue weighted by atomic mass is 19.1. The minimum atomic E-state index is -1.19. The molecule has 3 aromatic rings. The number of fused-ring (bicyclic) bond motifs is 2. The molecule has 1 aromatic carbocycles. The Hall–Kier alpha value is -3.20. The number of piperidine rings is 1. The first-order valence-electron chi connectivity index (χ1n) is 10.2. The number of nitrogens with one attached hydrogen (secondary N) is 3. The van der Waals surface area contributed by atoms with E-state index in [1.807, 2.05) is 30.3 Å². The quantitative estimate of drug-likeness (QED) is 0.615. The molecule has 2 aliphatic rings. The molecule has 4 heterocycles. The van der Waals surface area contributed by atoms with Crippen LogP contribution in [0.1, 0.15) is 22.6 Å². The van der Waals surface area contributed by atoms with Crippen LogP contribution in [-0.2, 0) is 17.9 Å². The molecule has 2 unspecified atom stereocenters. The molecule has 2 atom stereocenters. The topological polar surface area (TPSA) is 95.1 Å². The summed E-state index contributed by atoms with van der Waals surface area (Å²) in [7, 11) is 0. The second kappa shape index (κ2) is 7.56. The van der Waals surface area contributed by atoms with Gasteiger partial charge in [-0.1, -0.05) is 18.2 Å². The van der Waals surface area contributed by atoms with Crippen molar-refractivity contribution in [2.24, 2.45) is 5.92 Å².